The monoisotopic (exact) mass is 273 g/mol. The van der Waals surface area contributed by atoms with Crippen molar-refractivity contribution in [3.8, 4) is 0 Å². The van der Waals surface area contributed by atoms with Crippen molar-refractivity contribution in [2.75, 3.05) is 6.54 Å². The summed E-state index contributed by atoms with van der Waals surface area (Å²) >= 11 is 0. The van der Waals surface area contributed by atoms with Gasteiger partial charge >= 0.3 is 0 Å². The summed E-state index contributed by atoms with van der Waals surface area (Å²) in [5.74, 6) is 0.742. The van der Waals surface area contributed by atoms with Gasteiger partial charge in [0.15, 0.2) is 0 Å². The molecule has 1 aliphatic rings. The molecule has 2 unspecified atom stereocenters. The molecule has 0 aromatic heterocycles. The smallest absolute Gasteiger partial charge is 0.0135 e. The van der Waals surface area contributed by atoms with E-state index in [0.717, 1.165) is 12.5 Å². The van der Waals surface area contributed by atoms with Gasteiger partial charge in [0, 0.05) is 6.04 Å². The summed E-state index contributed by atoms with van der Waals surface area (Å²) in [6.45, 7) is 12.7. The molecule has 1 fully saturated rings. The van der Waals surface area contributed by atoms with Gasteiger partial charge in [-0.1, -0.05) is 39.0 Å². The van der Waals surface area contributed by atoms with E-state index < -0.39 is 0 Å². The normalized spacial score (nSPS) is 24.4. The number of hydrogen-bond donors (Lipinski definition) is 1. The van der Waals surface area contributed by atoms with E-state index >= 15 is 0 Å². The minimum Gasteiger partial charge on any atom is -0.313 e. The molecule has 0 saturated heterocycles. The van der Waals surface area contributed by atoms with Crippen molar-refractivity contribution in [2.45, 2.75) is 72.3 Å². The van der Waals surface area contributed by atoms with Crippen molar-refractivity contribution >= 4 is 0 Å². The average Bonchev–Trinajstić information content (AvgIpc) is 2.44. The maximum absolute atomic E-state index is 3.80. The topological polar surface area (TPSA) is 12.0 Å². The van der Waals surface area contributed by atoms with Gasteiger partial charge in [-0.15, -0.1) is 0 Å². The largest absolute Gasteiger partial charge is 0.313 e. The van der Waals surface area contributed by atoms with E-state index in [9.17, 15) is 0 Å². The van der Waals surface area contributed by atoms with Gasteiger partial charge in [-0.2, -0.15) is 0 Å². The van der Waals surface area contributed by atoms with Crippen LogP contribution in [0.15, 0.2) is 18.2 Å². The lowest BCUT2D eigenvalue weighted by atomic mass is 9.51. The molecule has 2 rings (SSSR count). The molecule has 1 N–H and O–H groups in total. The Morgan fingerprint density at radius 2 is 1.85 bits per heavy atom. The first kappa shape index (κ1) is 15.6. The summed E-state index contributed by atoms with van der Waals surface area (Å²) in [4.78, 5) is 0. The van der Waals surface area contributed by atoms with E-state index in [0.29, 0.717) is 11.5 Å². The summed E-state index contributed by atoms with van der Waals surface area (Å²) in [5, 5.41) is 3.80. The van der Waals surface area contributed by atoms with Crippen LogP contribution in [0, 0.1) is 19.3 Å². The summed E-state index contributed by atoms with van der Waals surface area (Å²) in [5.41, 5.74) is 5.02. The summed E-state index contributed by atoms with van der Waals surface area (Å²) in [6, 6.07) is 7.55. The molecule has 1 aromatic carbocycles. The molecule has 0 aliphatic heterocycles. The molecule has 0 bridgehead atoms. The zero-order valence-corrected chi connectivity index (χ0v) is 13.9. The highest BCUT2D eigenvalue weighted by molar-refractivity contribution is 5.39. The van der Waals surface area contributed by atoms with E-state index in [1.165, 1.54) is 36.8 Å². The first-order chi connectivity index (χ1) is 9.60. The molecule has 1 nitrogen and oxygen atoms in total. The average molecular weight is 273 g/mol. The van der Waals surface area contributed by atoms with E-state index in [4.69, 9.17) is 0 Å². The summed E-state index contributed by atoms with van der Waals surface area (Å²) < 4.78 is 0. The molecular weight excluding hydrogens is 242 g/mol. The molecule has 0 spiro atoms. The maximum atomic E-state index is 3.80. The zero-order chi connectivity index (χ0) is 14.8. The third kappa shape index (κ3) is 2.41. The van der Waals surface area contributed by atoms with Gasteiger partial charge < -0.3 is 5.32 Å². The van der Waals surface area contributed by atoms with Crippen LogP contribution in [-0.2, 0) is 0 Å². The molecule has 112 valence electrons. The van der Waals surface area contributed by atoms with Gasteiger partial charge in [0.05, 0.1) is 0 Å². The van der Waals surface area contributed by atoms with Crippen LogP contribution in [0.25, 0.3) is 0 Å². The lowest BCUT2D eigenvalue weighted by Gasteiger charge is -2.57. The molecule has 0 radical (unpaired) electrons. The first-order valence-corrected chi connectivity index (χ1v) is 8.40. The maximum Gasteiger partial charge on any atom is 0.0135 e. The van der Waals surface area contributed by atoms with Crippen LogP contribution < -0.4 is 5.32 Å². The van der Waals surface area contributed by atoms with Crippen molar-refractivity contribution in [3.05, 3.63) is 34.9 Å². The van der Waals surface area contributed by atoms with Gasteiger partial charge in [-0.3, -0.25) is 0 Å². The predicted octanol–water partition coefficient (Wildman–Crippen LogP) is 4.97. The second-order valence-electron chi connectivity index (χ2n) is 6.52. The highest BCUT2D eigenvalue weighted by Crippen LogP contribution is 2.57. The Kier molecular flexibility index (Phi) is 4.90. The van der Waals surface area contributed by atoms with Crippen LogP contribution in [0.5, 0.6) is 0 Å². The molecule has 20 heavy (non-hydrogen) atoms. The van der Waals surface area contributed by atoms with Crippen molar-refractivity contribution < 1.29 is 0 Å². The molecule has 1 aliphatic carbocycles. The Hall–Kier alpha value is -0.820. The highest BCUT2D eigenvalue weighted by atomic mass is 15.0. The third-order valence-electron chi connectivity index (χ3n) is 5.84. The van der Waals surface area contributed by atoms with Crippen LogP contribution in [0.1, 0.15) is 69.1 Å². The lowest BCUT2D eigenvalue weighted by molar-refractivity contribution is 0.0198. The Bertz CT molecular complexity index is 445. The van der Waals surface area contributed by atoms with Gasteiger partial charge in [-0.05, 0) is 74.1 Å². The molecular formula is C19H31N. The Balaban J connectivity index is 2.27. The van der Waals surface area contributed by atoms with Crippen molar-refractivity contribution in [3.63, 3.8) is 0 Å². The molecule has 1 saturated carbocycles. The van der Waals surface area contributed by atoms with Crippen molar-refractivity contribution in [2.24, 2.45) is 5.41 Å². The molecule has 0 heterocycles. The highest BCUT2D eigenvalue weighted by Gasteiger charge is 2.52. The zero-order valence-electron chi connectivity index (χ0n) is 13.9. The molecule has 0 amide bonds. The van der Waals surface area contributed by atoms with Gasteiger partial charge in [-0.25, -0.2) is 0 Å². The number of nitrogens with one attached hydrogen (secondary N) is 1. The summed E-state index contributed by atoms with van der Waals surface area (Å²) in [6.07, 6.45) is 5.10. The number of aryl methyl sites for hydroxylation is 1. The van der Waals surface area contributed by atoms with Gasteiger partial charge in [0.2, 0.25) is 0 Å². The standard InChI is InChI=1S/C19H31N/c1-6-12-20-18-13-17(19(18,7-2)8-3)16-11-9-10-14(4)15(16)5/h9-11,17-18,20H,6-8,12-13H2,1-5H3. The third-order valence-corrected chi connectivity index (χ3v) is 5.84. The van der Waals surface area contributed by atoms with Gasteiger partial charge in [0.1, 0.15) is 0 Å². The van der Waals surface area contributed by atoms with E-state index in [-0.39, 0.29) is 0 Å². The fraction of sp³-hybridized carbons (Fsp3) is 0.684. The van der Waals surface area contributed by atoms with E-state index in [2.05, 4.69) is 58.1 Å². The summed E-state index contributed by atoms with van der Waals surface area (Å²) in [7, 11) is 0. The van der Waals surface area contributed by atoms with Crippen LogP contribution in [0.3, 0.4) is 0 Å². The van der Waals surface area contributed by atoms with Crippen LogP contribution >= 0.6 is 0 Å². The predicted molar refractivity (Wildman–Crippen MR) is 88.4 cm³/mol. The Morgan fingerprint density at radius 3 is 2.45 bits per heavy atom. The van der Waals surface area contributed by atoms with E-state index in [1.54, 1.807) is 5.56 Å². The molecule has 1 aromatic rings. The second-order valence-corrected chi connectivity index (χ2v) is 6.52. The van der Waals surface area contributed by atoms with Crippen molar-refractivity contribution in [1.82, 2.24) is 5.32 Å². The Labute approximate surface area is 125 Å². The minimum absolute atomic E-state index is 0.466. The van der Waals surface area contributed by atoms with Crippen LogP contribution in [0.2, 0.25) is 0 Å². The fourth-order valence-corrected chi connectivity index (χ4v) is 4.22. The quantitative estimate of drug-likeness (QED) is 0.772. The van der Waals surface area contributed by atoms with Crippen molar-refractivity contribution in [1.29, 1.82) is 0 Å². The first-order valence-electron chi connectivity index (χ1n) is 8.40. The second kappa shape index (κ2) is 6.30. The number of rotatable bonds is 6. The minimum atomic E-state index is 0.466. The fourth-order valence-electron chi connectivity index (χ4n) is 4.22. The number of hydrogen-bond acceptors (Lipinski definition) is 1. The lowest BCUT2D eigenvalue weighted by Crippen LogP contribution is -2.58. The van der Waals surface area contributed by atoms with Gasteiger partial charge in [0.25, 0.3) is 0 Å². The Morgan fingerprint density at radius 1 is 1.15 bits per heavy atom. The molecule has 2 atom stereocenters. The van der Waals surface area contributed by atoms with E-state index in [1.807, 2.05) is 0 Å². The molecule has 1 heteroatoms. The van der Waals surface area contributed by atoms with Crippen LogP contribution in [-0.4, -0.2) is 12.6 Å². The van der Waals surface area contributed by atoms with Crippen LogP contribution in [0.4, 0.5) is 0 Å². The SMILES string of the molecule is CCCNC1CC(c2cccc(C)c2C)C1(CC)CC. The number of benzene rings is 1.